The van der Waals surface area contributed by atoms with Gasteiger partial charge in [0.2, 0.25) is 0 Å². The van der Waals surface area contributed by atoms with E-state index in [2.05, 4.69) is 5.10 Å². The molecule has 0 amide bonds. The van der Waals surface area contributed by atoms with Gasteiger partial charge in [-0.25, -0.2) is 4.79 Å². The molecule has 0 saturated heterocycles. The van der Waals surface area contributed by atoms with E-state index in [9.17, 15) is 26.7 Å². The molecule has 0 spiro atoms. The molecule has 0 fully saturated rings. The van der Waals surface area contributed by atoms with E-state index in [1.807, 2.05) is 0 Å². The standard InChI is InChI=1S/C8H7F5N2O2/c1-3-4(6(16)17)15(2)14-5(3)7(9,10)8(11,12)13/h1-2H3,(H,16,17). The van der Waals surface area contributed by atoms with Crippen LogP contribution in [0.4, 0.5) is 22.0 Å². The first kappa shape index (κ1) is 13.4. The van der Waals surface area contributed by atoms with Crippen LogP contribution in [0.5, 0.6) is 0 Å². The molecular weight excluding hydrogens is 251 g/mol. The molecule has 1 heterocycles. The molecule has 0 aliphatic rings. The Kier molecular flexibility index (Phi) is 2.89. The number of aryl methyl sites for hydroxylation is 1. The van der Waals surface area contributed by atoms with Crippen LogP contribution in [0.1, 0.15) is 21.7 Å². The van der Waals surface area contributed by atoms with Crippen LogP contribution in [0.3, 0.4) is 0 Å². The summed E-state index contributed by atoms with van der Waals surface area (Å²) in [5.41, 5.74) is -3.00. The highest BCUT2D eigenvalue weighted by Gasteiger charge is 2.61. The third-order valence-corrected chi connectivity index (χ3v) is 2.14. The van der Waals surface area contributed by atoms with Crippen LogP contribution in [0, 0.1) is 6.92 Å². The summed E-state index contributed by atoms with van der Waals surface area (Å²) in [6.45, 7) is 0.853. The number of alkyl halides is 5. The van der Waals surface area contributed by atoms with E-state index in [4.69, 9.17) is 5.11 Å². The number of nitrogens with zero attached hydrogens (tertiary/aromatic N) is 2. The highest BCUT2D eigenvalue weighted by molar-refractivity contribution is 5.87. The largest absolute Gasteiger partial charge is 0.477 e. The zero-order chi connectivity index (χ0) is 13.6. The molecule has 0 saturated carbocycles. The number of carboxylic acid groups (broad SMARTS) is 1. The zero-order valence-corrected chi connectivity index (χ0v) is 8.64. The lowest BCUT2D eigenvalue weighted by Gasteiger charge is -2.17. The third kappa shape index (κ3) is 1.96. The molecule has 0 aromatic carbocycles. The fourth-order valence-corrected chi connectivity index (χ4v) is 1.36. The fraction of sp³-hybridized carbons (Fsp3) is 0.500. The Balaban J connectivity index is 3.45. The number of aromatic nitrogens is 2. The van der Waals surface area contributed by atoms with Crippen molar-refractivity contribution >= 4 is 5.97 Å². The number of rotatable bonds is 2. The van der Waals surface area contributed by atoms with Gasteiger partial charge >= 0.3 is 18.1 Å². The molecule has 17 heavy (non-hydrogen) atoms. The maximum absolute atomic E-state index is 13.0. The van der Waals surface area contributed by atoms with Gasteiger partial charge in [-0.2, -0.15) is 27.1 Å². The first-order valence-corrected chi connectivity index (χ1v) is 4.22. The zero-order valence-electron chi connectivity index (χ0n) is 8.64. The van der Waals surface area contributed by atoms with Gasteiger partial charge in [0, 0.05) is 12.6 Å². The van der Waals surface area contributed by atoms with Crippen LogP contribution >= 0.6 is 0 Å². The fourth-order valence-electron chi connectivity index (χ4n) is 1.36. The Hall–Kier alpha value is -1.67. The quantitative estimate of drug-likeness (QED) is 0.826. The highest BCUT2D eigenvalue weighted by Crippen LogP contribution is 2.44. The van der Waals surface area contributed by atoms with Gasteiger partial charge in [0.25, 0.3) is 0 Å². The van der Waals surface area contributed by atoms with Crippen molar-refractivity contribution < 1.29 is 31.9 Å². The minimum atomic E-state index is -5.82. The molecule has 0 bridgehead atoms. The van der Waals surface area contributed by atoms with E-state index >= 15 is 0 Å². The van der Waals surface area contributed by atoms with Crippen LogP contribution in [0.2, 0.25) is 0 Å². The normalized spacial score (nSPS) is 12.9. The monoisotopic (exact) mass is 258 g/mol. The summed E-state index contributed by atoms with van der Waals surface area (Å²) >= 11 is 0. The van der Waals surface area contributed by atoms with Crippen molar-refractivity contribution in [2.24, 2.45) is 7.05 Å². The SMILES string of the molecule is Cc1c(C(F)(F)C(F)(F)F)nn(C)c1C(=O)O. The van der Waals surface area contributed by atoms with Crippen LogP contribution in [0.15, 0.2) is 0 Å². The molecule has 96 valence electrons. The maximum Gasteiger partial charge on any atom is 0.459 e. The molecule has 0 atom stereocenters. The average molecular weight is 258 g/mol. The van der Waals surface area contributed by atoms with Crippen molar-refractivity contribution in [3.05, 3.63) is 17.0 Å². The number of carboxylic acids is 1. The van der Waals surface area contributed by atoms with Crippen LogP contribution in [0.25, 0.3) is 0 Å². The van der Waals surface area contributed by atoms with Gasteiger partial charge < -0.3 is 5.11 Å². The van der Waals surface area contributed by atoms with Gasteiger partial charge in [-0.3, -0.25) is 4.68 Å². The molecule has 0 aliphatic heterocycles. The molecule has 1 aromatic heterocycles. The lowest BCUT2D eigenvalue weighted by molar-refractivity contribution is -0.291. The van der Waals surface area contributed by atoms with E-state index in [0.29, 0.717) is 4.68 Å². The van der Waals surface area contributed by atoms with Crippen LogP contribution in [-0.4, -0.2) is 27.0 Å². The summed E-state index contributed by atoms with van der Waals surface area (Å²) in [5.74, 6) is -6.80. The summed E-state index contributed by atoms with van der Waals surface area (Å²) in [6, 6.07) is 0. The van der Waals surface area contributed by atoms with E-state index in [-0.39, 0.29) is 0 Å². The summed E-state index contributed by atoms with van der Waals surface area (Å²) in [6.07, 6.45) is -5.82. The molecule has 9 heteroatoms. The number of carbonyl (C=O) groups is 1. The van der Waals surface area contributed by atoms with Crippen LogP contribution < -0.4 is 0 Å². The van der Waals surface area contributed by atoms with Crippen LogP contribution in [-0.2, 0) is 13.0 Å². The van der Waals surface area contributed by atoms with Gasteiger partial charge in [-0.05, 0) is 6.92 Å². The maximum atomic E-state index is 13.0. The van der Waals surface area contributed by atoms with Crippen molar-refractivity contribution in [3.8, 4) is 0 Å². The minimum Gasteiger partial charge on any atom is -0.477 e. The average Bonchev–Trinajstić information content (AvgIpc) is 2.39. The predicted octanol–water partition coefficient (Wildman–Crippen LogP) is 2.08. The number of hydrogen-bond acceptors (Lipinski definition) is 2. The van der Waals surface area contributed by atoms with E-state index < -0.39 is 35.0 Å². The molecule has 0 unspecified atom stereocenters. The van der Waals surface area contributed by atoms with Crippen molar-refractivity contribution in [3.63, 3.8) is 0 Å². The second-order valence-electron chi connectivity index (χ2n) is 3.32. The van der Waals surface area contributed by atoms with Crippen molar-refractivity contribution in [1.82, 2.24) is 9.78 Å². The summed E-state index contributed by atoms with van der Waals surface area (Å²) in [7, 11) is 0.979. The lowest BCUT2D eigenvalue weighted by atomic mass is 10.1. The summed E-state index contributed by atoms with van der Waals surface area (Å²) in [5, 5.41) is 11.6. The van der Waals surface area contributed by atoms with Gasteiger partial charge in [-0.1, -0.05) is 0 Å². The summed E-state index contributed by atoms with van der Waals surface area (Å²) in [4.78, 5) is 10.6. The Bertz CT molecular complexity index is 463. The Morgan fingerprint density at radius 2 is 1.76 bits per heavy atom. The van der Waals surface area contributed by atoms with E-state index in [1.165, 1.54) is 0 Å². The van der Waals surface area contributed by atoms with Crippen molar-refractivity contribution in [1.29, 1.82) is 0 Å². The Morgan fingerprint density at radius 1 is 1.29 bits per heavy atom. The van der Waals surface area contributed by atoms with Gasteiger partial charge in [-0.15, -0.1) is 0 Å². The van der Waals surface area contributed by atoms with Crippen molar-refractivity contribution in [2.75, 3.05) is 0 Å². The number of halogens is 5. The minimum absolute atomic E-state index is 0.479. The van der Waals surface area contributed by atoms with Crippen molar-refractivity contribution in [2.45, 2.75) is 19.0 Å². The van der Waals surface area contributed by atoms with Gasteiger partial charge in [0.15, 0.2) is 0 Å². The second-order valence-corrected chi connectivity index (χ2v) is 3.32. The molecule has 1 rings (SSSR count). The highest BCUT2D eigenvalue weighted by atomic mass is 19.4. The van der Waals surface area contributed by atoms with E-state index in [0.717, 1.165) is 14.0 Å². The molecule has 1 aromatic rings. The van der Waals surface area contributed by atoms with Gasteiger partial charge in [0.05, 0.1) is 0 Å². The Morgan fingerprint density at radius 3 is 2.06 bits per heavy atom. The third-order valence-electron chi connectivity index (χ3n) is 2.14. The Labute approximate surface area is 91.6 Å². The van der Waals surface area contributed by atoms with E-state index in [1.54, 1.807) is 0 Å². The topological polar surface area (TPSA) is 55.1 Å². The van der Waals surface area contributed by atoms with Gasteiger partial charge in [0.1, 0.15) is 11.4 Å². The molecular formula is C8H7F5N2O2. The summed E-state index contributed by atoms with van der Waals surface area (Å²) < 4.78 is 62.7. The molecule has 0 radical (unpaired) electrons. The molecule has 4 nitrogen and oxygen atoms in total. The first-order chi connectivity index (χ1) is 7.50. The molecule has 0 aliphatic carbocycles. The molecule has 1 N–H and O–H groups in total. The second kappa shape index (κ2) is 3.67. The predicted molar refractivity (Wildman–Crippen MR) is 44.9 cm³/mol. The lowest BCUT2D eigenvalue weighted by Crippen LogP contribution is -2.34. The number of aromatic carboxylic acids is 1. The number of hydrogen-bond donors (Lipinski definition) is 1. The first-order valence-electron chi connectivity index (χ1n) is 4.22. The smallest absolute Gasteiger partial charge is 0.459 e.